The molecule has 0 unspecified atom stereocenters. The molecule has 3 amide bonds. The molecule has 0 aliphatic rings. The average Bonchev–Trinajstić information content (AvgIpc) is 3.40. The molecule has 0 aliphatic carbocycles. The lowest BCUT2D eigenvalue weighted by Gasteiger charge is -2.18. The fourth-order valence-corrected chi connectivity index (χ4v) is 6.55. The van der Waals surface area contributed by atoms with E-state index in [4.69, 9.17) is 0 Å². The molecule has 10 nitrogen and oxygen atoms in total. The van der Waals surface area contributed by atoms with Gasteiger partial charge in [-0.3, -0.25) is 14.2 Å². The fourth-order valence-electron chi connectivity index (χ4n) is 5.25. The number of thiophene rings is 1. The molecule has 3 N–H and O–H groups in total. The van der Waals surface area contributed by atoms with E-state index in [2.05, 4.69) is 16.0 Å². The largest absolute Gasteiger partial charge is 0.355 e. The first-order valence-corrected chi connectivity index (χ1v) is 15.8. The monoisotopic (exact) mass is 660 g/mol. The first-order valence-electron chi connectivity index (χ1n) is 15.0. The minimum atomic E-state index is -0.813. The summed E-state index contributed by atoms with van der Waals surface area (Å²) in [5.74, 6) is -1.80. The highest BCUT2D eigenvalue weighted by molar-refractivity contribution is 7.22. The van der Waals surface area contributed by atoms with Crippen LogP contribution in [0.3, 0.4) is 0 Å². The zero-order chi connectivity index (χ0) is 33.7. The van der Waals surface area contributed by atoms with Gasteiger partial charge in [-0.1, -0.05) is 36.4 Å². The van der Waals surface area contributed by atoms with Crippen LogP contribution in [0.5, 0.6) is 0 Å². The Balaban J connectivity index is 1.75. The van der Waals surface area contributed by atoms with Crippen LogP contribution >= 0.6 is 11.3 Å². The lowest BCUT2D eigenvalue weighted by Crippen LogP contribution is -2.39. The van der Waals surface area contributed by atoms with Crippen molar-refractivity contribution >= 4 is 39.2 Å². The van der Waals surface area contributed by atoms with Crippen LogP contribution in [0.1, 0.15) is 25.0 Å². The summed E-state index contributed by atoms with van der Waals surface area (Å²) in [5.41, 5.74) is 0.564. The van der Waals surface area contributed by atoms with Gasteiger partial charge in [0.2, 0.25) is 5.91 Å². The number of anilines is 1. The van der Waals surface area contributed by atoms with E-state index in [-0.39, 0.29) is 34.3 Å². The van der Waals surface area contributed by atoms with Gasteiger partial charge in [-0.2, -0.15) is 0 Å². The zero-order valence-electron chi connectivity index (χ0n) is 26.1. The van der Waals surface area contributed by atoms with Crippen molar-refractivity contribution in [2.45, 2.75) is 26.9 Å². The van der Waals surface area contributed by atoms with Crippen LogP contribution < -0.4 is 27.2 Å². The van der Waals surface area contributed by atoms with Crippen molar-refractivity contribution in [3.8, 4) is 16.1 Å². The molecule has 2 heterocycles. The molecule has 13 heteroatoms. The molecule has 0 radical (unpaired) electrons. The lowest BCUT2D eigenvalue weighted by molar-refractivity contribution is -0.119. The summed E-state index contributed by atoms with van der Waals surface area (Å²) in [6.07, 6.45) is 0. The van der Waals surface area contributed by atoms with Gasteiger partial charge in [-0.15, -0.1) is 11.3 Å². The number of hydrogen-bond donors (Lipinski definition) is 3. The number of carbonyl (C=O) groups is 2. The molecule has 0 atom stereocenters. The predicted molar refractivity (Wildman–Crippen MR) is 180 cm³/mol. The summed E-state index contributed by atoms with van der Waals surface area (Å²) in [7, 11) is 1.84. The minimum absolute atomic E-state index is 0.170. The minimum Gasteiger partial charge on any atom is -0.355 e. The summed E-state index contributed by atoms with van der Waals surface area (Å²) in [5, 5.41) is 8.44. The summed E-state index contributed by atoms with van der Waals surface area (Å²) in [6.45, 7) is 4.33. The van der Waals surface area contributed by atoms with Gasteiger partial charge >= 0.3 is 11.7 Å². The Kier molecular flexibility index (Phi) is 10.3. The normalized spacial score (nSPS) is 11.2. The summed E-state index contributed by atoms with van der Waals surface area (Å²) >= 11 is 1.17. The maximum atomic E-state index is 15.0. The molecule has 0 spiro atoms. The molecule has 0 bridgehead atoms. The van der Waals surface area contributed by atoms with Crippen molar-refractivity contribution < 1.29 is 18.4 Å². The molecular formula is C34H34F2N6O4S. The number of nitrogens with one attached hydrogen (secondary N) is 3. The second kappa shape index (κ2) is 14.5. The number of urea groups is 1. The van der Waals surface area contributed by atoms with Crippen molar-refractivity contribution in [3.63, 3.8) is 0 Å². The van der Waals surface area contributed by atoms with Crippen molar-refractivity contribution in [2.24, 2.45) is 0 Å². The standard InChI is InChI=1S/C34H34F2N6O4S/c1-4-37-33(45)39-23-15-13-22(14-16-23)30-26(19-40(3)18-17-38-21(2)43)29-31(44)42(24-9-6-5-7-10-24)34(46)41(32(29)47-30)20-25-27(35)11-8-12-28(25)36/h5-16H,4,17-20H2,1-3H3,(H,38,43)(H2,37,39,45). The van der Waals surface area contributed by atoms with Gasteiger partial charge < -0.3 is 20.9 Å². The summed E-state index contributed by atoms with van der Waals surface area (Å²) in [6, 6.07) is 18.6. The highest BCUT2D eigenvalue weighted by Gasteiger charge is 2.25. The number of amides is 3. The van der Waals surface area contributed by atoms with Crippen LogP contribution in [0.2, 0.25) is 0 Å². The molecule has 2 aromatic heterocycles. The molecule has 5 rings (SSSR count). The lowest BCUT2D eigenvalue weighted by atomic mass is 10.1. The quantitative estimate of drug-likeness (QED) is 0.186. The highest BCUT2D eigenvalue weighted by Crippen LogP contribution is 2.38. The molecule has 244 valence electrons. The second-order valence-electron chi connectivity index (χ2n) is 10.9. The van der Waals surface area contributed by atoms with Gasteiger partial charge in [-0.05, 0) is 61.5 Å². The maximum Gasteiger partial charge on any atom is 0.337 e. The number of likely N-dealkylation sites (N-methyl/N-ethyl adjacent to an activating group) is 1. The van der Waals surface area contributed by atoms with Crippen LogP contribution in [0.15, 0.2) is 82.4 Å². The van der Waals surface area contributed by atoms with Gasteiger partial charge in [0.05, 0.1) is 17.6 Å². The number of fused-ring (bicyclic) bond motifs is 1. The van der Waals surface area contributed by atoms with Crippen LogP contribution in [-0.2, 0) is 17.9 Å². The number of halogens is 2. The van der Waals surface area contributed by atoms with E-state index >= 15 is 0 Å². The van der Waals surface area contributed by atoms with E-state index in [0.29, 0.717) is 47.0 Å². The van der Waals surface area contributed by atoms with Crippen LogP contribution in [0.4, 0.5) is 19.3 Å². The Labute approximate surface area is 273 Å². The van der Waals surface area contributed by atoms with Gasteiger partial charge in [-0.25, -0.2) is 22.9 Å². The number of benzene rings is 3. The van der Waals surface area contributed by atoms with Gasteiger partial charge in [0.1, 0.15) is 16.5 Å². The first kappa shape index (κ1) is 33.2. The Morgan fingerprint density at radius 3 is 2.21 bits per heavy atom. The third-order valence-corrected chi connectivity index (χ3v) is 8.81. The molecule has 0 fully saturated rings. The molecular weight excluding hydrogens is 626 g/mol. The van der Waals surface area contributed by atoms with E-state index in [1.54, 1.807) is 54.6 Å². The number of aromatic nitrogens is 2. The van der Waals surface area contributed by atoms with Crippen molar-refractivity contribution in [2.75, 3.05) is 32.0 Å². The van der Waals surface area contributed by atoms with E-state index in [1.165, 1.54) is 28.9 Å². The smallest absolute Gasteiger partial charge is 0.337 e. The van der Waals surface area contributed by atoms with Gasteiger partial charge in [0.25, 0.3) is 5.56 Å². The number of carbonyl (C=O) groups excluding carboxylic acids is 2. The Bertz CT molecular complexity index is 2020. The number of rotatable bonds is 11. The van der Waals surface area contributed by atoms with Gasteiger partial charge in [0.15, 0.2) is 0 Å². The Morgan fingerprint density at radius 1 is 0.894 bits per heavy atom. The average molecular weight is 661 g/mol. The van der Waals surface area contributed by atoms with Crippen LogP contribution in [0.25, 0.3) is 26.3 Å². The Morgan fingerprint density at radius 2 is 1.57 bits per heavy atom. The fraction of sp³-hybridized carbons (Fsp3) is 0.235. The molecule has 0 saturated heterocycles. The van der Waals surface area contributed by atoms with E-state index < -0.39 is 29.4 Å². The first-order chi connectivity index (χ1) is 22.6. The van der Waals surface area contributed by atoms with Crippen molar-refractivity contribution in [1.29, 1.82) is 0 Å². The van der Waals surface area contributed by atoms with E-state index in [0.717, 1.165) is 16.7 Å². The molecule has 5 aromatic rings. The van der Waals surface area contributed by atoms with Crippen LogP contribution in [0, 0.1) is 11.6 Å². The zero-order valence-corrected chi connectivity index (χ0v) is 26.9. The number of nitrogens with zero attached hydrogens (tertiary/aromatic N) is 3. The predicted octanol–water partition coefficient (Wildman–Crippen LogP) is 4.92. The topological polar surface area (TPSA) is 117 Å². The van der Waals surface area contributed by atoms with Crippen molar-refractivity contribution in [3.05, 3.63) is 116 Å². The summed E-state index contributed by atoms with van der Waals surface area (Å²) in [4.78, 5) is 54.9. The summed E-state index contributed by atoms with van der Waals surface area (Å²) < 4.78 is 32.2. The Hall–Kier alpha value is -5.14. The SMILES string of the molecule is CCNC(=O)Nc1ccc(-c2sc3c(c2CN(C)CCNC(C)=O)c(=O)n(-c2ccccc2)c(=O)n3Cc2c(F)cccc2F)cc1. The highest BCUT2D eigenvalue weighted by atomic mass is 32.1. The third-order valence-electron chi connectivity index (χ3n) is 7.50. The molecule has 47 heavy (non-hydrogen) atoms. The number of para-hydroxylation sites is 1. The van der Waals surface area contributed by atoms with Crippen molar-refractivity contribution in [1.82, 2.24) is 24.7 Å². The molecule has 0 saturated carbocycles. The second-order valence-corrected chi connectivity index (χ2v) is 11.9. The number of hydrogen-bond acceptors (Lipinski definition) is 6. The van der Waals surface area contributed by atoms with E-state index in [9.17, 15) is 28.0 Å². The van der Waals surface area contributed by atoms with E-state index in [1.807, 2.05) is 18.9 Å². The maximum absolute atomic E-state index is 15.0. The van der Waals surface area contributed by atoms with Gasteiger partial charge in [0, 0.05) is 49.2 Å². The van der Waals surface area contributed by atoms with Crippen LogP contribution in [-0.4, -0.2) is 52.7 Å². The molecule has 0 aliphatic heterocycles. The molecule has 3 aromatic carbocycles. The third kappa shape index (κ3) is 7.31.